The topological polar surface area (TPSA) is 69.0 Å². The maximum Gasteiger partial charge on any atom is 0.417 e. The van der Waals surface area contributed by atoms with Gasteiger partial charge in [-0.3, -0.25) is 4.79 Å². The van der Waals surface area contributed by atoms with E-state index in [9.17, 15) is 22.4 Å². The van der Waals surface area contributed by atoms with Crippen molar-refractivity contribution in [1.29, 1.82) is 0 Å². The summed E-state index contributed by atoms with van der Waals surface area (Å²) in [5.74, 6) is -1.63. The van der Waals surface area contributed by atoms with Crippen LogP contribution in [0.1, 0.15) is 11.3 Å². The van der Waals surface area contributed by atoms with Gasteiger partial charge in [-0.15, -0.1) is 0 Å². The van der Waals surface area contributed by atoms with Crippen molar-refractivity contribution in [1.82, 2.24) is 14.8 Å². The molecular formula is C22H15ClF4N4O2. The number of aryl methyl sites for hydroxylation is 1. The summed E-state index contributed by atoms with van der Waals surface area (Å²) in [4.78, 5) is 16.3. The van der Waals surface area contributed by atoms with Gasteiger partial charge in [-0.1, -0.05) is 17.7 Å². The lowest BCUT2D eigenvalue weighted by molar-refractivity contribution is -0.136. The molecule has 0 bridgehead atoms. The molecule has 0 atom stereocenters. The number of pyridine rings is 1. The molecule has 1 amide bonds. The Balaban J connectivity index is 1.69. The summed E-state index contributed by atoms with van der Waals surface area (Å²) in [6.45, 7) is 0.806. The molecule has 0 saturated heterocycles. The standard InChI is InChI=1S/C22H15ClF4N4O2/c1-12-20-17(22(25,26)27)10-19(33-11-18(32)28-15-7-5-13(23)6-8-15)29-21(20)31(30-12)16-4-2-3-14(24)9-16/h2-10H,11H2,1H3,(H,28,32). The number of rotatable bonds is 5. The average Bonchev–Trinajstić information content (AvgIpc) is 3.09. The van der Waals surface area contributed by atoms with Crippen LogP contribution in [-0.2, 0) is 11.0 Å². The summed E-state index contributed by atoms with van der Waals surface area (Å²) in [5, 5.41) is 6.89. The van der Waals surface area contributed by atoms with Crippen molar-refractivity contribution in [2.45, 2.75) is 13.1 Å². The monoisotopic (exact) mass is 478 g/mol. The second kappa shape index (κ2) is 8.70. The van der Waals surface area contributed by atoms with E-state index in [0.717, 1.165) is 10.7 Å². The van der Waals surface area contributed by atoms with E-state index in [1.165, 1.54) is 25.1 Å². The van der Waals surface area contributed by atoms with E-state index in [-0.39, 0.29) is 22.4 Å². The zero-order valence-corrected chi connectivity index (χ0v) is 17.7. The summed E-state index contributed by atoms with van der Waals surface area (Å²) in [6, 6.07) is 12.2. The predicted octanol–water partition coefficient (Wildman–Crippen LogP) is 5.56. The van der Waals surface area contributed by atoms with Crippen LogP contribution in [0.15, 0.2) is 54.6 Å². The number of nitrogens with zero attached hydrogens (tertiary/aromatic N) is 3. The summed E-state index contributed by atoms with van der Waals surface area (Å²) in [7, 11) is 0. The Morgan fingerprint density at radius 1 is 1.15 bits per heavy atom. The number of benzene rings is 2. The molecule has 170 valence electrons. The molecular weight excluding hydrogens is 464 g/mol. The van der Waals surface area contributed by atoms with Crippen molar-refractivity contribution in [3.8, 4) is 11.6 Å². The normalized spacial score (nSPS) is 11.6. The molecule has 2 heterocycles. The molecule has 4 aromatic rings. The lowest BCUT2D eigenvalue weighted by Crippen LogP contribution is -2.20. The Morgan fingerprint density at radius 3 is 2.55 bits per heavy atom. The molecule has 11 heteroatoms. The Kier molecular flexibility index (Phi) is 5.94. The number of hydrogen-bond donors (Lipinski definition) is 1. The molecule has 0 aliphatic heterocycles. The largest absolute Gasteiger partial charge is 0.467 e. The molecule has 6 nitrogen and oxygen atoms in total. The molecule has 0 aliphatic rings. The second-order valence-corrected chi connectivity index (χ2v) is 7.46. The first-order valence-electron chi connectivity index (χ1n) is 9.53. The number of aromatic nitrogens is 3. The van der Waals surface area contributed by atoms with E-state index in [4.69, 9.17) is 16.3 Å². The molecule has 0 aliphatic carbocycles. The van der Waals surface area contributed by atoms with Crippen molar-refractivity contribution in [3.63, 3.8) is 0 Å². The van der Waals surface area contributed by atoms with Crippen LogP contribution in [-0.4, -0.2) is 27.3 Å². The SMILES string of the molecule is Cc1nn(-c2cccc(F)c2)c2nc(OCC(=O)Nc3ccc(Cl)cc3)cc(C(F)(F)F)c12. The van der Waals surface area contributed by atoms with Gasteiger partial charge in [0.15, 0.2) is 12.3 Å². The number of carbonyl (C=O) groups excluding carboxylic acids is 1. The van der Waals surface area contributed by atoms with Crippen LogP contribution < -0.4 is 10.1 Å². The fraction of sp³-hybridized carbons (Fsp3) is 0.136. The molecule has 0 spiro atoms. The Labute approximate surface area is 189 Å². The first-order valence-corrected chi connectivity index (χ1v) is 9.91. The second-order valence-electron chi connectivity index (χ2n) is 7.03. The van der Waals surface area contributed by atoms with E-state index in [1.54, 1.807) is 24.3 Å². The van der Waals surface area contributed by atoms with Crippen LogP contribution in [0.2, 0.25) is 5.02 Å². The number of hydrogen-bond acceptors (Lipinski definition) is 4. The van der Waals surface area contributed by atoms with Crippen molar-refractivity contribution < 1.29 is 27.1 Å². The fourth-order valence-electron chi connectivity index (χ4n) is 3.22. The number of nitrogens with one attached hydrogen (secondary N) is 1. The van der Waals surface area contributed by atoms with Crippen LogP contribution in [0.5, 0.6) is 5.88 Å². The first kappa shape index (κ1) is 22.5. The summed E-state index contributed by atoms with van der Waals surface area (Å²) in [6.07, 6.45) is -4.74. The molecule has 1 N–H and O–H groups in total. The van der Waals surface area contributed by atoms with E-state index >= 15 is 0 Å². The van der Waals surface area contributed by atoms with Gasteiger partial charge in [0.1, 0.15) is 5.82 Å². The third-order valence-electron chi connectivity index (χ3n) is 4.63. The van der Waals surface area contributed by atoms with E-state index in [1.807, 2.05) is 0 Å². The summed E-state index contributed by atoms with van der Waals surface area (Å²) >= 11 is 5.79. The summed E-state index contributed by atoms with van der Waals surface area (Å²) < 4.78 is 61.5. The first-order chi connectivity index (χ1) is 15.6. The highest BCUT2D eigenvalue weighted by molar-refractivity contribution is 6.30. The number of ether oxygens (including phenoxy) is 1. The van der Waals surface area contributed by atoms with Crippen molar-refractivity contribution >= 4 is 34.2 Å². The van der Waals surface area contributed by atoms with Gasteiger partial charge in [-0.05, 0) is 49.4 Å². The van der Waals surface area contributed by atoms with Crippen LogP contribution in [0, 0.1) is 12.7 Å². The van der Waals surface area contributed by atoms with Crippen LogP contribution in [0.25, 0.3) is 16.7 Å². The van der Waals surface area contributed by atoms with Gasteiger partial charge in [-0.25, -0.2) is 9.07 Å². The molecule has 0 radical (unpaired) electrons. The lowest BCUT2D eigenvalue weighted by atomic mass is 10.1. The highest BCUT2D eigenvalue weighted by Gasteiger charge is 2.36. The van der Waals surface area contributed by atoms with Gasteiger partial charge in [-0.2, -0.15) is 23.3 Å². The van der Waals surface area contributed by atoms with E-state index < -0.39 is 36.0 Å². The highest BCUT2D eigenvalue weighted by atomic mass is 35.5. The smallest absolute Gasteiger partial charge is 0.417 e. The zero-order valence-electron chi connectivity index (χ0n) is 17.0. The molecule has 0 fully saturated rings. The summed E-state index contributed by atoms with van der Waals surface area (Å²) in [5.41, 5.74) is -0.526. The van der Waals surface area contributed by atoms with Gasteiger partial charge in [0.25, 0.3) is 5.91 Å². The van der Waals surface area contributed by atoms with Gasteiger partial charge in [0.2, 0.25) is 5.88 Å². The molecule has 33 heavy (non-hydrogen) atoms. The number of fused-ring (bicyclic) bond motifs is 1. The fourth-order valence-corrected chi connectivity index (χ4v) is 3.35. The predicted molar refractivity (Wildman–Crippen MR) is 114 cm³/mol. The number of anilines is 1. The molecule has 4 rings (SSSR count). The molecule has 0 unspecified atom stereocenters. The van der Waals surface area contributed by atoms with Crippen LogP contribution in [0.4, 0.5) is 23.2 Å². The van der Waals surface area contributed by atoms with Gasteiger partial charge < -0.3 is 10.1 Å². The van der Waals surface area contributed by atoms with Gasteiger partial charge >= 0.3 is 6.18 Å². The maximum absolute atomic E-state index is 13.8. The van der Waals surface area contributed by atoms with Crippen molar-refractivity contribution in [2.24, 2.45) is 0 Å². The zero-order chi connectivity index (χ0) is 23.8. The number of halogens is 5. The van der Waals surface area contributed by atoms with E-state index in [2.05, 4.69) is 15.4 Å². The minimum Gasteiger partial charge on any atom is -0.467 e. The Bertz CT molecular complexity index is 1340. The van der Waals surface area contributed by atoms with Crippen molar-refractivity contribution in [2.75, 3.05) is 11.9 Å². The Hall–Kier alpha value is -3.66. The molecule has 2 aromatic heterocycles. The maximum atomic E-state index is 13.8. The number of alkyl halides is 3. The van der Waals surface area contributed by atoms with Gasteiger partial charge in [0, 0.05) is 16.8 Å². The minimum absolute atomic E-state index is 0.0566. The van der Waals surface area contributed by atoms with E-state index in [0.29, 0.717) is 16.8 Å². The van der Waals surface area contributed by atoms with Crippen LogP contribution >= 0.6 is 11.6 Å². The Morgan fingerprint density at radius 2 is 1.88 bits per heavy atom. The van der Waals surface area contributed by atoms with Crippen molar-refractivity contribution in [3.05, 3.63) is 76.7 Å². The third-order valence-corrected chi connectivity index (χ3v) is 4.88. The molecule has 0 saturated carbocycles. The quantitative estimate of drug-likeness (QED) is 0.381. The van der Waals surface area contributed by atoms with Crippen LogP contribution in [0.3, 0.4) is 0 Å². The molecule has 2 aromatic carbocycles. The number of amides is 1. The highest BCUT2D eigenvalue weighted by Crippen LogP contribution is 2.38. The third kappa shape index (κ3) is 4.90. The average molecular weight is 479 g/mol. The van der Waals surface area contributed by atoms with Gasteiger partial charge in [0.05, 0.1) is 22.3 Å². The number of carbonyl (C=O) groups is 1. The minimum atomic E-state index is -4.74. The lowest BCUT2D eigenvalue weighted by Gasteiger charge is -2.12.